The zero-order valence-corrected chi connectivity index (χ0v) is 10.9. The molecule has 3 rings (SSSR count). The van der Waals surface area contributed by atoms with Crippen LogP contribution in [-0.2, 0) is 6.54 Å². The second kappa shape index (κ2) is 4.95. The minimum Gasteiger partial charge on any atom is -0.360 e. The number of nitrogens with zero attached hydrogens (tertiary/aromatic N) is 4. The van der Waals surface area contributed by atoms with Crippen molar-refractivity contribution in [3.8, 4) is 12.1 Å². The largest absolute Gasteiger partial charge is 0.360 e. The normalized spacial score (nSPS) is 10.2. The van der Waals surface area contributed by atoms with Gasteiger partial charge in [0.2, 0.25) is 0 Å². The highest BCUT2D eigenvalue weighted by atomic mass is 16.1. The van der Waals surface area contributed by atoms with Gasteiger partial charge in [0, 0.05) is 22.7 Å². The van der Waals surface area contributed by atoms with E-state index in [4.69, 9.17) is 10.5 Å². The number of aromatic amines is 1. The van der Waals surface area contributed by atoms with E-state index in [1.807, 2.05) is 36.4 Å². The number of hydrogen-bond acceptors (Lipinski definition) is 4. The number of carbonyl (C=O) groups is 1. The van der Waals surface area contributed by atoms with Gasteiger partial charge in [-0.25, -0.2) is 4.98 Å². The Bertz CT molecular complexity index is 920. The number of fused-ring (bicyclic) bond motifs is 1. The lowest BCUT2D eigenvalue weighted by atomic mass is 10.1. The van der Waals surface area contributed by atoms with Gasteiger partial charge in [0.05, 0.1) is 12.9 Å². The summed E-state index contributed by atoms with van der Waals surface area (Å²) in [6.45, 7) is -0.0284. The molecule has 1 N–H and O–H groups in total. The Hall–Kier alpha value is -3.38. The molecule has 0 unspecified atom stereocenters. The first kappa shape index (κ1) is 12.6. The molecule has 2 heterocycles. The van der Waals surface area contributed by atoms with E-state index in [0.29, 0.717) is 5.56 Å². The molecule has 0 radical (unpaired) electrons. The Kier molecular flexibility index (Phi) is 2.98. The van der Waals surface area contributed by atoms with E-state index in [1.54, 1.807) is 6.20 Å². The van der Waals surface area contributed by atoms with Gasteiger partial charge in [-0.3, -0.25) is 4.79 Å². The van der Waals surface area contributed by atoms with E-state index < -0.39 is 0 Å². The Morgan fingerprint density at radius 1 is 1.29 bits per heavy atom. The number of nitrogens with one attached hydrogen (secondary N) is 1. The topological polar surface area (TPSA) is 98.3 Å². The van der Waals surface area contributed by atoms with Crippen molar-refractivity contribution >= 4 is 16.7 Å². The predicted molar refractivity (Wildman–Crippen MR) is 74.3 cm³/mol. The molecule has 6 nitrogen and oxygen atoms in total. The molecule has 0 amide bonds. The number of para-hydroxylation sites is 1. The van der Waals surface area contributed by atoms with E-state index in [1.165, 1.54) is 10.9 Å². The number of benzene rings is 1. The Balaban J connectivity index is 1.96. The van der Waals surface area contributed by atoms with Crippen LogP contribution in [0.1, 0.15) is 21.7 Å². The van der Waals surface area contributed by atoms with E-state index in [2.05, 4.69) is 9.97 Å². The summed E-state index contributed by atoms with van der Waals surface area (Å²) in [5.41, 5.74) is 1.57. The zero-order chi connectivity index (χ0) is 14.8. The van der Waals surface area contributed by atoms with E-state index in [0.717, 1.165) is 10.9 Å². The lowest BCUT2D eigenvalue weighted by Gasteiger charge is -2.02. The molecule has 0 atom stereocenters. The quantitative estimate of drug-likeness (QED) is 0.739. The van der Waals surface area contributed by atoms with Crippen molar-refractivity contribution in [2.75, 3.05) is 0 Å². The van der Waals surface area contributed by atoms with Gasteiger partial charge in [0.15, 0.2) is 17.2 Å². The molecule has 1 aromatic carbocycles. The van der Waals surface area contributed by atoms with Crippen LogP contribution in [0.3, 0.4) is 0 Å². The average molecular weight is 275 g/mol. The SMILES string of the molecule is N#Cc1ncn(CC(=O)c2c[nH]c3ccccc23)c1C#N. The number of carbonyl (C=O) groups excluding carboxylic acids is 1. The number of hydrogen-bond donors (Lipinski definition) is 1. The lowest BCUT2D eigenvalue weighted by Crippen LogP contribution is -2.11. The van der Waals surface area contributed by atoms with Crippen molar-refractivity contribution in [2.45, 2.75) is 6.54 Å². The Labute approximate surface area is 119 Å². The highest BCUT2D eigenvalue weighted by Gasteiger charge is 2.16. The van der Waals surface area contributed by atoms with Crippen LogP contribution < -0.4 is 0 Å². The maximum atomic E-state index is 12.4. The van der Waals surface area contributed by atoms with Gasteiger partial charge < -0.3 is 9.55 Å². The first-order chi connectivity index (χ1) is 10.2. The first-order valence-corrected chi connectivity index (χ1v) is 6.19. The smallest absolute Gasteiger partial charge is 0.184 e. The summed E-state index contributed by atoms with van der Waals surface area (Å²) in [6, 6.07) is 11.2. The van der Waals surface area contributed by atoms with E-state index in [-0.39, 0.29) is 23.7 Å². The minimum absolute atomic E-state index is 0.0284. The van der Waals surface area contributed by atoms with Crippen LogP contribution in [0.5, 0.6) is 0 Å². The van der Waals surface area contributed by atoms with Crippen LogP contribution in [0.15, 0.2) is 36.8 Å². The number of rotatable bonds is 3. The molecule has 0 aliphatic carbocycles. The van der Waals surface area contributed by atoms with Crippen molar-refractivity contribution in [3.05, 3.63) is 53.7 Å². The van der Waals surface area contributed by atoms with Crippen LogP contribution in [0.4, 0.5) is 0 Å². The second-order valence-corrected chi connectivity index (χ2v) is 4.46. The molecular formula is C15H9N5O. The monoisotopic (exact) mass is 275 g/mol. The number of nitriles is 2. The standard InChI is InChI=1S/C15H9N5O/c16-5-13-14(6-17)20(9-19-13)8-15(21)11-7-18-12-4-2-1-3-10(11)12/h1-4,7,9,18H,8H2. The summed E-state index contributed by atoms with van der Waals surface area (Å²) in [5.74, 6) is -0.147. The number of imidazole rings is 1. The summed E-state index contributed by atoms with van der Waals surface area (Å²) in [7, 11) is 0. The highest BCUT2D eigenvalue weighted by Crippen LogP contribution is 2.19. The van der Waals surface area contributed by atoms with Crippen LogP contribution in [-0.4, -0.2) is 20.3 Å². The van der Waals surface area contributed by atoms with Crippen LogP contribution in [0, 0.1) is 22.7 Å². The molecular weight excluding hydrogens is 266 g/mol. The van der Waals surface area contributed by atoms with Gasteiger partial charge in [0.25, 0.3) is 0 Å². The molecule has 2 aromatic heterocycles. The predicted octanol–water partition coefficient (Wildman–Crippen LogP) is 1.99. The molecule has 21 heavy (non-hydrogen) atoms. The van der Waals surface area contributed by atoms with Gasteiger partial charge in [-0.2, -0.15) is 10.5 Å². The molecule has 0 saturated carbocycles. The van der Waals surface area contributed by atoms with Gasteiger partial charge in [-0.1, -0.05) is 18.2 Å². The lowest BCUT2D eigenvalue weighted by molar-refractivity contribution is 0.0973. The van der Waals surface area contributed by atoms with Crippen molar-refractivity contribution in [3.63, 3.8) is 0 Å². The molecule has 3 aromatic rings. The summed E-state index contributed by atoms with van der Waals surface area (Å²) in [5, 5.41) is 18.7. The van der Waals surface area contributed by atoms with Crippen LogP contribution >= 0.6 is 0 Å². The van der Waals surface area contributed by atoms with Crippen molar-refractivity contribution in [2.24, 2.45) is 0 Å². The third-order valence-electron chi connectivity index (χ3n) is 3.25. The maximum absolute atomic E-state index is 12.4. The summed E-state index contributed by atoms with van der Waals surface area (Å²) in [6.07, 6.45) is 2.99. The number of ketones is 1. The fraction of sp³-hybridized carbons (Fsp3) is 0.0667. The Morgan fingerprint density at radius 3 is 2.86 bits per heavy atom. The average Bonchev–Trinajstić information content (AvgIpc) is 3.10. The molecule has 0 aliphatic heterocycles. The number of H-pyrrole nitrogens is 1. The van der Waals surface area contributed by atoms with Crippen molar-refractivity contribution in [1.29, 1.82) is 10.5 Å². The summed E-state index contributed by atoms with van der Waals surface area (Å²) >= 11 is 0. The van der Waals surface area contributed by atoms with Gasteiger partial charge in [-0.05, 0) is 6.07 Å². The summed E-state index contributed by atoms with van der Waals surface area (Å²) in [4.78, 5) is 19.3. The minimum atomic E-state index is -0.147. The third kappa shape index (κ3) is 2.05. The van der Waals surface area contributed by atoms with E-state index in [9.17, 15) is 4.79 Å². The number of aromatic nitrogens is 3. The molecule has 0 saturated heterocycles. The van der Waals surface area contributed by atoms with Crippen molar-refractivity contribution < 1.29 is 4.79 Å². The Morgan fingerprint density at radius 2 is 2.10 bits per heavy atom. The third-order valence-corrected chi connectivity index (χ3v) is 3.25. The van der Waals surface area contributed by atoms with Crippen LogP contribution in [0.25, 0.3) is 10.9 Å². The zero-order valence-electron chi connectivity index (χ0n) is 10.9. The van der Waals surface area contributed by atoms with Gasteiger partial charge in [0.1, 0.15) is 12.1 Å². The molecule has 0 bridgehead atoms. The summed E-state index contributed by atoms with van der Waals surface area (Å²) < 4.78 is 1.39. The molecule has 6 heteroatoms. The van der Waals surface area contributed by atoms with Gasteiger partial charge in [-0.15, -0.1) is 0 Å². The fourth-order valence-corrected chi connectivity index (χ4v) is 2.24. The maximum Gasteiger partial charge on any atom is 0.184 e. The molecule has 0 aliphatic rings. The second-order valence-electron chi connectivity index (χ2n) is 4.46. The van der Waals surface area contributed by atoms with Gasteiger partial charge >= 0.3 is 0 Å². The molecule has 100 valence electrons. The van der Waals surface area contributed by atoms with Crippen LogP contribution in [0.2, 0.25) is 0 Å². The molecule has 0 fully saturated rings. The highest BCUT2D eigenvalue weighted by molar-refractivity contribution is 6.07. The van der Waals surface area contributed by atoms with Crippen molar-refractivity contribution in [1.82, 2.24) is 14.5 Å². The molecule has 0 spiro atoms. The number of Topliss-reactive ketones (excluding diaryl/α,β-unsaturated/α-hetero) is 1. The first-order valence-electron chi connectivity index (χ1n) is 6.19. The fourth-order valence-electron chi connectivity index (χ4n) is 2.24. The van der Waals surface area contributed by atoms with E-state index >= 15 is 0 Å².